The smallest absolute Gasteiger partial charge is 0.364 e. The molecule has 2 heterocycles. The van der Waals surface area contributed by atoms with E-state index in [0.717, 1.165) is 22.1 Å². The van der Waals surface area contributed by atoms with E-state index in [-0.39, 0.29) is 30.4 Å². The summed E-state index contributed by atoms with van der Waals surface area (Å²) in [5.41, 5.74) is 9.60. The maximum absolute atomic E-state index is 13.0. The number of amidine groups is 1. The van der Waals surface area contributed by atoms with E-state index < -0.39 is 16.3 Å². The average molecular weight is 630 g/mol. The monoisotopic (exact) mass is 629 g/mol. The number of benzene rings is 3. The summed E-state index contributed by atoms with van der Waals surface area (Å²) in [6, 6.07) is 20.8. The molecule has 0 saturated carbocycles. The Balaban J connectivity index is 1.61. The van der Waals surface area contributed by atoms with Gasteiger partial charge in [-0.25, -0.2) is 9.29 Å². The predicted molar refractivity (Wildman–Crippen MR) is 174 cm³/mol. The standard InChI is InChI=1S/C32H35N7O5S/c1-4-44-30(40)20-38-27-15-14-25(19-26(27)36-29(38)18-21-8-10-23(11-9-21)32(33)34)39(45(41,42)43)28-7-5-6-22-12-13-24(35-31(22)28)16-17-37(2)3/h5-15,19H,4,16-18,20H2,1-3H3,(H3,33,34)(H,41,42,43). The van der Waals surface area contributed by atoms with Gasteiger partial charge in [0.2, 0.25) is 0 Å². The van der Waals surface area contributed by atoms with E-state index in [2.05, 4.69) is 0 Å². The Morgan fingerprint density at radius 2 is 1.80 bits per heavy atom. The molecule has 5 aromatic rings. The molecule has 234 valence electrons. The number of carbonyl (C=O) groups is 1. The number of imidazole rings is 1. The van der Waals surface area contributed by atoms with Crippen LogP contribution in [0.4, 0.5) is 11.4 Å². The van der Waals surface area contributed by atoms with Crippen LogP contribution in [0, 0.1) is 5.41 Å². The van der Waals surface area contributed by atoms with Gasteiger partial charge >= 0.3 is 16.3 Å². The van der Waals surface area contributed by atoms with E-state index >= 15 is 0 Å². The van der Waals surface area contributed by atoms with E-state index in [1.165, 1.54) is 0 Å². The molecule has 13 heteroatoms. The first kappa shape index (κ1) is 31.6. The van der Waals surface area contributed by atoms with Crippen molar-refractivity contribution in [3.05, 3.63) is 95.4 Å². The number of anilines is 2. The van der Waals surface area contributed by atoms with Crippen molar-refractivity contribution in [1.29, 1.82) is 5.41 Å². The number of hydrogen-bond acceptors (Lipinski definition) is 8. The second-order valence-corrected chi connectivity index (χ2v) is 12.1. The molecule has 3 aromatic carbocycles. The Kier molecular flexibility index (Phi) is 9.14. The van der Waals surface area contributed by atoms with Crippen LogP contribution in [0.5, 0.6) is 0 Å². The Bertz CT molecular complexity index is 1990. The molecule has 0 saturated heterocycles. The van der Waals surface area contributed by atoms with Crippen LogP contribution in [-0.4, -0.2) is 71.5 Å². The van der Waals surface area contributed by atoms with Crippen LogP contribution in [0.3, 0.4) is 0 Å². The van der Waals surface area contributed by atoms with Crippen molar-refractivity contribution in [2.45, 2.75) is 26.3 Å². The molecule has 45 heavy (non-hydrogen) atoms. The Labute approximate surface area is 261 Å². The summed E-state index contributed by atoms with van der Waals surface area (Å²) < 4.78 is 44.2. The highest BCUT2D eigenvalue weighted by molar-refractivity contribution is 7.87. The van der Waals surface area contributed by atoms with Crippen molar-refractivity contribution in [1.82, 2.24) is 19.4 Å². The predicted octanol–water partition coefficient (Wildman–Crippen LogP) is 4.07. The zero-order valence-corrected chi connectivity index (χ0v) is 26.1. The lowest BCUT2D eigenvalue weighted by atomic mass is 10.1. The van der Waals surface area contributed by atoms with Crippen molar-refractivity contribution < 1.29 is 22.5 Å². The second-order valence-electron chi connectivity index (χ2n) is 10.8. The van der Waals surface area contributed by atoms with Crippen molar-refractivity contribution in [3.8, 4) is 0 Å². The van der Waals surface area contributed by atoms with Crippen LogP contribution in [0.25, 0.3) is 21.9 Å². The first-order chi connectivity index (χ1) is 21.4. The summed E-state index contributed by atoms with van der Waals surface area (Å²) in [6.07, 6.45) is 1.000. The van der Waals surface area contributed by atoms with Crippen molar-refractivity contribution in [2.24, 2.45) is 5.73 Å². The van der Waals surface area contributed by atoms with Gasteiger partial charge in [-0.1, -0.05) is 42.5 Å². The molecule has 0 amide bonds. The molecule has 0 unspecified atom stereocenters. The van der Waals surface area contributed by atoms with Gasteiger partial charge in [-0.3, -0.25) is 19.7 Å². The number of fused-ring (bicyclic) bond motifs is 2. The first-order valence-corrected chi connectivity index (χ1v) is 15.7. The summed E-state index contributed by atoms with van der Waals surface area (Å²) in [6.45, 7) is 2.61. The summed E-state index contributed by atoms with van der Waals surface area (Å²) in [5.74, 6) is 0.0558. The van der Waals surface area contributed by atoms with E-state index in [0.29, 0.717) is 46.2 Å². The molecule has 4 N–H and O–H groups in total. The number of aromatic nitrogens is 3. The van der Waals surface area contributed by atoms with Crippen molar-refractivity contribution in [3.63, 3.8) is 0 Å². The molecule has 0 bridgehead atoms. The van der Waals surface area contributed by atoms with Gasteiger partial charge in [0.25, 0.3) is 0 Å². The highest BCUT2D eigenvalue weighted by Crippen LogP contribution is 2.35. The summed E-state index contributed by atoms with van der Waals surface area (Å²) in [7, 11) is -0.881. The Hall–Kier alpha value is -4.85. The maximum atomic E-state index is 13.0. The number of nitrogens with zero attached hydrogens (tertiary/aromatic N) is 5. The number of esters is 1. The molecule has 0 aliphatic rings. The van der Waals surface area contributed by atoms with Gasteiger partial charge in [0.05, 0.1) is 34.5 Å². The molecule has 0 aliphatic carbocycles. The third-order valence-corrected chi connectivity index (χ3v) is 8.16. The van der Waals surface area contributed by atoms with Crippen LogP contribution in [-0.2, 0) is 39.2 Å². The van der Waals surface area contributed by atoms with Gasteiger partial charge in [-0.05, 0) is 56.9 Å². The van der Waals surface area contributed by atoms with E-state index in [1.54, 1.807) is 54.0 Å². The van der Waals surface area contributed by atoms with Gasteiger partial charge in [0.15, 0.2) is 0 Å². The fourth-order valence-corrected chi connectivity index (χ4v) is 5.91. The summed E-state index contributed by atoms with van der Waals surface area (Å²) in [4.78, 5) is 24.1. The number of rotatable bonds is 12. The fraction of sp³-hybridized carbons (Fsp3) is 0.250. The second kappa shape index (κ2) is 13.0. The number of ether oxygens (including phenoxy) is 1. The number of hydrogen-bond donors (Lipinski definition) is 3. The molecule has 0 fully saturated rings. The number of carbonyl (C=O) groups excluding carboxylic acids is 1. The normalized spacial score (nSPS) is 11.8. The topological polar surface area (TPSA) is 168 Å². The van der Waals surface area contributed by atoms with Crippen LogP contribution in [0.15, 0.2) is 72.8 Å². The number of nitrogen functional groups attached to an aromatic ring is 1. The lowest BCUT2D eigenvalue weighted by Crippen LogP contribution is -2.25. The zero-order chi connectivity index (χ0) is 32.3. The average Bonchev–Trinajstić information content (AvgIpc) is 3.31. The van der Waals surface area contributed by atoms with Crippen molar-refractivity contribution >= 4 is 55.4 Å². The minimum Gasteiger partial charge on any atom is -0.465 e. The molecule has 0 spiro atoms. The van der Waals surface area contributed by atoms with Crippen molar-refractivity contribution in [2.75, 3.05) is 31.6 Å². The van der Waals surface area contributed by atoms with Gasteiger partial charge in [-0.2, -0.15) is 8.42 Å². The Morgan fingerprint density at radius 1 is 1.04 bits per heavy atom. The third kappa shape index (κ3) is 7.11. The Morgan fingerprint density at radius 3 is 2.47 bits per heavy atom. The number of pyridine rings is 1. The number of nitrogens with one attached hydrogen (secondary N) is 1. The number of nitrogens with two attached hydrogens (primary N) is 1. The molecule has 0 aliphatic heterocycles. The molecule has 0 atom stereocenters. The first-order valence-electron chi connectivity index (χ1n) is 14.3. The summed E-state index contributed by atoms with van der Waals surface area (Å²) in [5, 5.41) is 8.36. The minimum atomic E-state index is -4.81. The summed E-state index contributed by atoms with van der Waals surface area (Å²) >= 11 is 0. The molecule has 12 nitrogen and oxygen atoms in total. The van der Waals surface area contributed by atoms with E-state index in [9.17, 15) is 17.8 Å². The maximum Gasteiger partial charge on any atom is 0.364 e. The quantitative estimate of drug-likeness (QED) is 0.0798. The van der Waals surface area contributed by atoms with Gasteiger partial charge in [0, 0.05) is 36.0 Å². The lowest BCUT2D eigenvalue weighted by Gasteiger charge is -2.22. The third-order valence-electron chi connectivity index (χ3n) is 7.29. The molecule has 5 rings (SSSR count). The molecule has 2 aromatic heterocycles. The van der Waals surface area contributed by atoms with Crippen LogP contribution in [0.2, 0.25) is 0 Å². The fourth-order valence-electron chi connectivity index (χ4n) is 5.14. The minimum absolute atomic E-state index is 0.0433. The van der Waals surface area contributed by atoms with E-state index in [1.807, 2.05) is 49.3 Å². The van der Waals surface area contributed by atoms with Crippen LogP contribution < -0.4 is 10.0 Å². The van der Waals surface area contributed by atoms with Gasteiger partial charge in [0.1, 0.15) is 18.2 Å². The van der Waals surface area contributed by atoms with Gasteiger partial charge < -0.3 is 19.9 Å². The van der Waals surface area contributed by atoms with E-state index in [4.69, 9.17) is 25.8 Å². The highest BCUT2D eigenvalue weighted by atomic mass is 32.2. The van der Waals surface area contributed by atoms with Crippen LogP contribution >= 0.6 is 0 Å². The van der Waals surface area contributed by atoms with Crippen LogP contribution in [0.1, 0.15) is 29.6 Å². The number of likely N-dealkylation sites (N-methyl/N-ethyl adjacent to an activating group) is 1. The molecule has 0 radical (unpaired) electrons. The zero-order valence-electron chi connectivity index (χ0n) is 25.3. The lowest BCUT2D eigenvalue weighted by molar-refractivity contribution is -0.143. The molecular formula is C32H35N7O5S. The highest BCUT2D eigenvalue weighted by Gasteiger charge is 2.26. The number of para-hydroxylation sites is 1. The largest absolute Gasteiger partial charge is 0.465 e. The van der Waals surface area contributed by atoms with Gasteiger partial charge in [-0.15, -0.1) is 0 Å². The SMILES string of the molecule is CCOC(=O)Cn1c(Cc2ccc(C(=N)N)cc2)nc2cc(N(c3cccc4ccc(CCN(C)C)nc34)S(=O)(=O)O)ccc21. The molecular weight excluding hydrogens is 594 g/mol.